The smallest absolute Gasteiger partial charge is 0.408 e. The minimum Gasteiger partial charge on any atom is -0.442 e. The van der Waals surface area contributed by atoms with Gasteiger partial charge in [-0.05, 0) is 83.5 Å². The summed E-state index contributed by atoms with van der Waals surface area (Å²) in [5, 5.41) is 2.95. The number of carbonyl (C=O) groups excluding carboxylic acids is 2. The van der Waals surface area contributed by atoms with Crippen LogP contribution in [0.1, 0.15) is 86.0 Å². The Balaban J connectivity index is 1.62. The number of carbonyl (C=O) groups is 2. The number of ether oxygens (including phenoxy) is 1. The molecule has 6 atom stereocenters. The molecule has 0 aromatic carbocycles. The van der Waals surface area contributed by atoms with Crippen LogP contribution in [0, 0.1) is 28.6 Å². The first-order chi connectivity index (χ1) is 14.0. The zero-order valence-corrected chi connectivity index (χ0v) is 19.4. The van der Waals surface area contributed by atoms with Crippen molar-refractivity contribution >= 4 is 12.4 Å². The normalized spacial score (nSPS) is 42.4. The first kappa shape index (κ1) is 21.6. The molecule has 0 aromatic heterocycles. The van der Waals surface area contributed by atoms with Crippen molar-refractivity contribution in [2.75, 3.05) is 0 Å². The third-order valence-corrected chi connectivity index (χ3v) is 9.08. The molecule has 1 N–H and O–H groups in total. The van der Waals surface area contributed by atoms with Crippen LogP contribution in [0.15, 0.2) is 23.8 Å². The highest BCUT2D eigenvalue weighted by Crippen LogP contribution is 2.68. The van der Waals surface area contributed by atoms with Crippen LogP contribution in [-0.4, -0.2) is 23.5 Å². The Morgan fingerprint density at radius 1 is 1.20 bits per heavy atom. The fourth-order valence-corrected chi connectivity index (χ4v) is 7.62. The molecule has 4 rings (SSSR count). The molecular weight excluding hydrogens is 374 g/mol. The Hall–Kier alpha value is -1.58. The minimum atomic E-state index is -0.681. The lowest BCUT2D eigenvalue weighted by Gasteiger charge is -2.58. The van der Waals surface area contributed by atoms with Gasteiger partial charge in [0.05, 0.1) is 0 Å². The summed E-state index contributed by atoms with van der Waals surface area (Å²) in [6, 6.07) is 0. The fraction of sp³-hybridized carbons (Fsp3) is 0.769. The van der Waals surface area contributed by atoms with Crippen LogP contribution in [-0.2, 0) is 9.53 Å². The third-order valence-electron chi connectivity index (χ3n) is 9.08. The largest absolute Gasteiger partial charge is 0.442 e. The highest BCUT2D eigenvalue weighted by Gasteiger charge is 2.65. The van der Waals surface area contributed by atoms with E-state index in [-0.39, 0.29) is 22.5 Å². The number of allylic oxidation sites excluding steroid dienone is 4. The van der Waals surface area contributed by atoms with Crippen molar-refractivity contribution in [3.05, 3.63) is 23.8 Å². The van der Waals surface area contributed by atoms with Gasteiger partial charge in [-0.1, -0.05) is 37.6 Å². The molecule has 1 amide bonds. The zero-order valence-electron chi connectivity index (χ0n) is 19.4. The number of alkyl carbamates (subject to hydrolysis) is 1. The van der Waals surface area contributed by atoms with Crippen LogP contribution < -0.4 is 5.32 Å². The van der Waals surface area contributed by atoms with Crippen molar-refractivity contribution in [3.8, 4) is 0 Å². The van der Waals surface area contributed by atoms with Gasteiger partial charge in [-0.3, -0.25) is 0 Å². The van der Waals surface area contributed by atoms with Crippen molar-refractivity contribution in [2.45, 2.75) is 97.1 Å². The second-order valence-corrected chi connectivity index (χ2v) is 11.7. The van der Waals surface area contributed by atoms with Crippen LogP contribution in [0.2, 0.25) is 0 Å². The Labute approximate surface area is 181 Å². The van der Waals surface area contributed by atoms with E-state index in [9.17, 15) is 9.59 Å². The lowest BCUT2D eigenvalue weighted by Crippen LogP contribution is -2.57. The molecule has 0 bridgehead atoms. The number of rotatable bonds is 3. The fourth-order valence-electron chi connectivity index (χ4n) is 7.62. The predicted molar refractivity (Wildman–Crippen MR) is 119 cm³/mol. The lowest BCUT2D eigenvalue weighted by molar-refractivity contribution is -0.137. The lowest BCUT2D eigenvalue weighted by atomic mass is 9.47. The van der Waals surface area contributed by atoms with Crippen LogP contribution in [0.5, 0.6) is 0 Å². The Kier molecular flexibility index (Phi) is 5.22. The maximum Gasteiger partial charge on any atom is 0.408 e. The molecule has 0 spiro atoms. The van der Waals surface area contributed by atoms with E-state index in [0.29, 0.717) is 24.2 Å². The topological polar surface area (TPSA) is 55.4 Å². The number of hydrogen-bond donors (Lipinski definition) is 1. The summed E-state index contributed by atoms with van der Waals surface area (Å²) in [5.41, 5.74) is 0.638. The summed E-state index contributed by atoms with van der Waals surface area (Å²) in [5.74, 6) is 1.80. The van der Waals surface area contributed by atoms with E-state index in [1.807, 2.05) is 20.8 Å². The minimum absolute atomic E-state index is 0.139. The summed E-state index contributed by atoms with van der Waals surface area (Å²) >= 11 is 0. The number of aldehydes is 1. The highest BCUT2D eigenvalue weighted by molar-refractivity contribution is 5.69. The van der Waals surface area contributed by atoms with Gasteiger partial charge in [0.1, 0.15) is 11.9 Å². The summed E-state index contributed by atoms with van der Waals surface area (Å²) in [6.07, 6.45) is 15.6. The molecule has 4 nitrogen and oxygen atoms in total. The maximum absolute atomic E-state index is 12.8. The Morgan fingerprint density at radius 2 is 1.93 bits per heavy atom. The van der Waals surface area contributed by atoms with E-state index in [2.05, 4.69) is 37.4 Å². The molecule has 0 aliphatic heterocycles. The molecule has 3 saturated carbocycles. The number of fused-ring (bicyclic) bond motifs is 5. The van der Waals surface area contributed by atoms with Crippen molar-refractivity contribution in [1.29, 1.82) is 0 Å². The van der Waals surface area contributed by atoms with Gasteiger partial charge in [0, 0.05) is 22.8 Å². The molecule has 0 heterocycles. The molecule has 4 aliphatic carbocycles. The molecule has 0 radical (unpaired) electrons. The number of nitrogens with one attached hydrogen (secondary N) is 1. The molecule has 0 saturated heterocycles. The standard InChI is InChI=1S/C26H39NO3/c1-23(2,3)27-22(29)30-26(16-17-28)15-12-21-19-10-9-18-8-6-7-13-24(18,4)20(19)11-14-25(21,26)5/h7-8,13,17,19-21H,6,9-12,14-16H2,1-5H3,(H,27,29)/t19-,20+,21+,24+,25+,26+/m1/s1. The summed E-state index contributed by atoms with van der Waals surface area (Å²) in [7, 11) is 0. The molecule has 0 unspecified atom stereocenters. The number of amides is 1. The van der Waals surface area contributed by atoms with E-state index in [1.165, 1.54) is 12.8 Å². The van der Waals surface area contributed by atoms with Gasteiger partial charge in [0.2, 0.25) is 0 Å². The molecule has 30 heavy (non-hydrogen) atoms. The predicted octanol–water partition coefficient (Wildman–Crippen LogP) is 5.97. The summed E-state index contributed by atoms with van der Waals surface area (Å²) < 4.78 is 6.19. The van der Waals surface area contributed by atoms with Crippen molar-refractivity contribution in [3.63, 3.8) is 0 Å². The van der Waals surface area contributed by atoms with Crippen LogP contribution in [0.4, 0.5) is 4.79 Å². The van der Waals surface area contributed by atoms with E-state index < -0.39 is 5.60 Å². The van der Waals surface area contributed by atoms with Crippen molar-refractivity contribution in [1.82, 2.24) is 5.32 Å². The first-order valence-corrected chi connectivity index (χ1v) is 11.9. The van der Waals surface area contributed by atoms with Crippen molar-refractivity contribution in [2.24, 2.45) is 28.6 Å². The van der Waals surface area contributed by atoms with Crippen molar-refractivity contribution < 1.29 is 14.3 Å². The monoisotopic (exact) mass is 413 g/mol. The molecular formula is C26H39NO3. The Bertz CT molecular complexity index is 778. The molecule has 3 fully saturated rings. The zero-order chi connectivity index (χ0) is 21.8. The average molecular weight is 414 g/mol. The van der Waals surface area contributed by atoms with Gasteiger partial charge in [0.15, 0.2) is 0 Å². The van der Waals surface area contributed by atoms with E-state index in [1.54, 1.807) is 5.57 Å². The molecule has 0 aromatic rings. The van der Waals surface area contributed by atoms with Gasteiger partial charge < -0.3 is 14.8 Å². The van der Waals surface area contributed by atoms with E-state index >= 15 is 0 Å². The highest BCUT2D eigenvalue weighted by atomic mass is 16.6. The third kappa shape index (κ3) is 3.26. The second-order valence-electron chi connectivity index (χ2n) is 11.7. The van der Waals surface area contributed by atoms with Gasteiger partial charge >= 0.3 is 6.09 Å². The summed E-state index contributed by atoms with van der Waals surface area (Å²) in [6.45, 7) is 10.6. The van der Waals surface area contributed by atoms with E-state index in [0.717, 1.165) is 38.4 Å². The maximum atomic E-state index is 12.8. The van der Waals surface area contributed by atoms with Crippen LogP contribution in [0.25, 0.3) is 0 Å². The van der Waals surface area contributed by atoms with E-state index in [4.69, 9.17) is 4.74 Å². The molecule has 4 heteroatoms. The summed E-state index contributed by atoms with van der Waals surface area (Å²) in [4.78, 5) is 24.5. The quantitative estimate of drug-likeness (QED) is 0.458. The number of hydrogen-bond acceptors (Lipinski definition) is 3. The first-order valence-electron chi connectivity index (χ1n) is 11.9. The van der Waals surface area contributed by atoms with Gasteiger partial charge in [-0.25, -0.2) is 4.79 Å². The average Bonchev–Trinajstić information content (AvgIpc) is 2.92. The van der Waals surface area contributed by atoms with Crippen LogP contribution in [0.3, 0.4) is 0 Å². The molecule has 4 aliphatic rings. The van der Waals surface area contributed by atoms with Gasteiger partial charge in [-0.15, -0.1) is 0 Å². The van der Waals surface area contributed by atoms with Gasteiger partial charge in [0.25, 0.3) is 0 Å². The SMILES string of the molecule is CC(C)(C)NC(=O)O[C@]1(CC=O)CC[C@H]2[C@@H]3CCC4=CCC=C[C@]4(C)[C@H]3CC[C@@]21C. The second kappa shape index (κ2) is 7.24. The molecule has 166 valence electrons. The Morgan fingerprint density at radius 3 is 2.63 bits per heavy atom. The van der Waals surface area contributed by atoms with Crippen LogP contribution >= 0.6 is 0 Å². The van der Waals surface area contributed by atoms with Gasteiger partial charge in [-0.2, -0.15) is 0 Å².